The fourth-order valence-electron chi connectivity index (χ4n) is 2.17. The van der Waals surface area contributed by atoms with Crippen molar-refractivity contribution in [3.63, 3.8) is 0 Å². The molecule has 0 spiro atoms. The van der Waals surface area contributed by atoms with Crippen LogP contribution in [0.2, 0.25) is 0 Å². The Morgan fingerprint density at radius 1 is 1.10 bits per heavy atom. The summed E-state index contributed by atoms with van der Waals surface area (Å²) in [6.45, 7) is 1.25. The SMILES string of the molecule is CN(C)[C@@H](CNC[C@@H](O)c1ccccc1)c1ccco1. The summed E-state index contributed by atoms with van der Waals surface area (Å²) in [5, 5.41) is 13.4. The first kappa shape index (κ1) is 14.8. The smallest absolute Gasteiger partial charge is 0.122 e. The Morgan fingerprint density at radius 2 is 1.85 bits per heavy atom. The zero-order valence-electron chi connectivity index (χ0n) is 12.0. The van der Waals surface area contributed by atoms with Crippen molar-refractivity contribution in [1.29, 1.82) is 0 Å². The van der Waals surface area contributed by atoms with Crippen LogP contribution in [-0.4, -0.2) is 37.2 Å². The molecule has 1 heterocycles. The summed E-state index contributed by atoms with van der Waals surface area (Å²) >= 11 is 0. The van der Waals surface area contributed by atoms with E-state index < -0.39 is 6.10 Å². The zero-order chi connectivity index (χ0) is 14.4. The zero-order valence-corrected chi connectivity index (χ0v) is 12.0. The van der Waals surface area contributed by atoms with Gasteiger partial charge in [-0.3, -0.25) is 4.90 Å². The van der Waals surface area contributed by atoms with Gasteiger partial charge in [-0.1, -0.05) is 30.3 Å². The van der Waals surface area contributed by atoms with Gasteiger partial charge in [0.1, 0.15) is 5.76 Å². The van der Waals surface area contributed by atoms with Crippen LogP contribution in [0.5, 0.6) is 0 Å². The lowest BCUT2D eigenvalue weighted by molar-refractivity contribution is 0.166. The second kappa shape index (κ2) is 7.24. The van der Waals surface area contributed by atoms with Gasteiger partial charge in [0, 0.05) is 13.1 Å². The molecule has 20 heavy (non-hydrogen) atoms. The molecule has 0 amide bonds. The number of benzene rings is 1. The highest BCUT2D eigenvalue weighted by Gasteiger charge is 2.17. The van der Waals surface area contributed by atoms with Crippen LogP contribution in [0.15, 0.2) is 53.1 Å². The van der Waals surface area contributed by atoms with E-state index in [0.717, 1.165) is 17.9 Å². The highest BCUT2D eigenvalue weighted by Crippen LogP contribution is 2.18. The van der Waals surface area contributed by atoms with Crippen molar-refractivity contribution in [1.82, 2.24) is 10.2 Å². The van der Waals surface area contributed by atoms with Gasteiger partial charge in [0.25, 0.3) is 0 Å². The Hall–Kier alpha value is -1.62. The summed E-state index contributed by atoms with van der Waals surface area (Å²) < 4.78 is 5.45. The molecule has 0 fully saturated rings. The number of nitrogens with zero attached hydrogens (tertiary/aromatic N) is 1. The Bertz CT molecular complexity index is 482. The molecule has 0 saturated heterocycles. The number of likely N-dealkylation sites (N-methyl/N-ethyl adjacent to an activating group) is 1. The van der Waals surface area contributed by atoms with Crippen LogP contribution in [0.3, 0.4) is 0 Å². The largest absolute Gasteiger partial charge is 0.468 e. The molecule has 4 nitrogen and oxygen atoms in total. The second-order valence-electron chi connectivity index (χ2n) is 5.08. The molecular weight excluding hydrogens is 252 g/mol. The normalized spacial score (nSPS) is 14.4. The van der Waals surface area contributed by atoms with Crippen LogP contribution in [0.25, 0.3) is 0 Å². The summed E-state index contributed by atoms with van der Waals surface area (Å²) in [5.41, 5.74) is 0.930. The van der Waals surface area contributed by atoms with Gasteiger partial charge in [-0.05, 0) is 31.8 Å². The molecule has 0 radical (unpaired) electrons. The van der Waals surface area contributed by atoms with Gasteiger partial charge >= 0.3 is 0 Å². The Kier molecular flexibility index (Phi) is 5.35. The van der Waals surface area contributed by atoms with E-state index >= 15 is 0 Å². The van der Waals surface area contributed by atoms with Crippen LogP contribution in [-0.2, 0) is 0 Å². The van der Waals surface area contributed by atoms with Crippen molar-refractivity contribution in [3.8, 4) is 0 Å². The molecule has 2 rings (SSSR count). The minimum absolute atomic E-state index is 0.160. The molecule has 2 atom stereocenters. The third-order valence-electron chi connectivity index (χ3n) is 3.35. The van der Waals surface area contributed by atoms with E-state index in [2.05, 4.69) is 10.2 Å². The van der Waals surface area contributed by atoms with E-state index in [-0.39, 0.29) is 6.04 Å². The first-order valence-corrected chi connectivity index (χ1v) is 6.82. The van der Waals surface area contributed by atoms with E-state index in [0.29, 0.717) is 6.54 Å². The number of hydrogen-bond donors (Lipinski definition) is 2. The van der Waals surface area contributed by atoms with E-state index in [1.54, 1.807) is 6.26 Å². The monoisotopic (exact) mass is 274 g/mol. The fraction of sp³-hybridized carbons (Fsp3) is 0.375. The number of furan rings is 1. The lowest BCUT2D eigenvalue weighted by atomic mass is 10.1. The fourth-order valence-corrected chi connectivity index (χ4v) is 2.17. The average Bonchev–Trinajstić information content (AvgIpc) is 2.97. The van der Waals surface area contributed by atoms with Crippen LogP contribution >= 0.6 is 0 Å². The summed E-state index contributed by atoms with van der Waals surface area (Å²) in [4.78, 5) is 2.10. The van der Waals surface area contributed by atoms with E-state index in [1.807, 2.05) is 56.6 Å². The number of aliphatic hydroxyl groups excluding tert-OH is 1. The third-order valence-corrected chi connectivity index (χ3v) is 3.35. The van der Waals surface area contributed by atoms with Gasteiger partial charge in [0.05, 0.1) is 18.4 Å². The van der Waals surface area contributed by atoms with Crippen LogP contribution in [0.4, 0.5) is 0 Å². The molecule has 0 aliphatic rings. The molecule has 4 heteroatoms. The molecule has 0 bridgehead atoms. The number of nitrogens with one attached hydrogen (secondary N) is 1. The van der Waals surface area contributed by atoms with Crippen molar-refractivity contribution in [2.75, 3.05) is 27.2 Å². The Morgan fingerprint density at radius 3 is 2.45 bits per heavy atom. The molecule has 0 aliphatic carbocycles. The number of rotatable bonds is 7. The minimum Gasteiger partial charge on any atom is -0.468 e. The molecule has 2 aromatic rings. The predicted octanol–water partition coefficient (Wildman–Crippen LogP) is 2.21. The van der Waals surface area contributed by atoms with Crippen molar-refractivity contribution in [2.24, 2.45) is 0 Å². The Balaban J connectivity index is 1.85. The van der Waals surface area contributed by atoms with Gasteiger partial charge in [0.2, 0.25) is 0 Å². The predicted molar refractivity (Wildman–Crippen MR) is 79.4 cm³/mol. The molecule has 1 aromatic carbocycles. The van der Waals surface area contributed by atoms with Crippen LogP contribution in [0.1, 0.15) is 23.5 Å². The van der Waals surface area contributed by atoms with E-state index in [9.17, 15) is 5.11 Å². The molecule has 0 unspecified atom stereocenters. The molecule has 108 valence electrons. The topological polar surface area (TPSA) is 48.6 Å². The maximum absolute atomic E-state index is 10.1. The highest BCUT2D eigenvalue weighted by atomic mass is 16.3. The minimum atomic E-state index is -0.490. The summed E-state index contributed by atoms with van der Waals surface area (Å²) in [6, 6.07) is 13.7. The van der Waals surface area contributed by atoms with Gasteiger partial charge in [-0.15, -0.1) is 0 Å². The summed E-state index contributed by atoms with van der Waals surface area (Å²) in [5.74, 6) is 0.928. The maximum atomic E-state index is 10.1. The van der Waals surface area contributed by atoms with Crippen molar-refractivity contribution in [3.05, 3.63) is 60.1 Å². The molecule has 2 N–H and O–H groups in total. The number of aliphatic hydroxyl groups is 1. The molecule has 0 saturated carbocycles. The standard InChI is InChI=1S/C16H22N2O2/c1-18(2)14(16-9-6-10-20-16)11-17-12-15(19)13-7-4-3-5-8-13/h3-10,14-15,17,19H,11-12H2,1-2H3/t14-,15+/m0/s1. The van der Waals surface area contributed by atoms with Crippen LogP contribution < -0.4 is 5.32 Å². The van der Waals surface area contributed by atoms with Crippen molar-refractivity contribution < 1.29 is 9.52 Å². The lowest BCUT2D eigenvalue weighted by Gasteiger charge is -2.23. The average molecular weight is 274 g/mol. The first-order chi connectivity index (χ1) is 9.68. The highest BCUT2D eigenvalue weighted by molar-refractivity contribution is 5.17. The molecule has 1 aromatic heterocycles. The summed E-state index contributed by atoms with van der Waals surface area (Å²) in [7, 11) is 4.03. The van der Waals surface area contributed by atoms with Crippen LogP contribution in [0, 0.1) is 0 Å². The quantitative estimate of drug-likeness (QED) is 0.812. The third kappa shape index (κ3) is 3.93. The Labute approximate surface area is 120 Å². The first-order valence-electron chi connectivity index (χ1n) is 6.82. The maximum Gasteiger partial charge on any atom is 0.122 e. The van der Waals surface area contributed by atoms with E-state index in [4.69, 9.17) is 4.42 Å². The van der Waals surface area contributed by atoms with Gasteiger partial charge in [0.15, 0.2) is 0 Å². The molecule has 0 aliphatic heterocycles. The van der Waals surface area contributed by atoms with Gasteiger partial charge < -0.3 is 14.8 Å². The van der Waals surface area contributed by atoms with Crippen molar-refractivity contribution >= 4 is 0 Å². The molecular formula is C16H22N2O2. The lowest BCUT2D eigenvalue weighted by Crippen LogP contribution is -2.33. The second-order valence-corrected chi connectivity index (χ2v) is 5.08. The van der Waals surface area contributed by atoms with Crippen molar-refractivity contribution in [2.45, 2.75) is 12.1 Å². The van der Waals surface area contributed by atoms with Gasteiger partial charge in [-0.2, -0.15) is 0 Å². The van der Waals surface area contributed by atoms with Gasteiger partial charge in [-0.25, -0.2) is 0 Å². The summed E-state index contributed by atoms with van der Waals surface area (Å²) in [6.07, 6.45) is 1.19. The van der Waals surface area contributed by atoms with E-state index in [1.165, 1.54) is 0 Å². The number of hydrogen-bond acceptors (Lipinski definition) is 4.